The van der Waals surface area contributed by atoms with E-state index in [1.165, 1.54) is 12.1 Å². The molecule has 8 amide bonds. The largest absolute Gasteiger partial charge is 0.508 e. The number of hydrogen-bond donors (Lipinski definition) is 15. The number of halogens is 3. The molecular weight excluding hydrogens is 1210 g/mol. The highest BCUT2D eigenvalue weighted by Gasteiger charge is 2.38. The molecule has 0 saturated carbocycles. The van der Waals surface area contributed by atoms with Gasteiger partial charge >= 0.3 is 42.1 Å². The van der Waals surface area contributed by atoms with Crippen LogP contribution in [0, 0.1) is 0 Å². The van der Waals surface area contributed by atoms with E-state index in [1.807, 2.05) is 54.6 Å². The summed E-state index contributed by atoms with van der Waals surface area (Å²) in [4.78, 5) is 137. The topological polar surface area (TPSA) is 441 Å². The lowest BCUT2D eigenvalue weighted by Gasteiger charge is -2.32. The number of aliphatic imine (C=N–C) groups is 1. The number of nitrogens with zero attached hydrogens (tertiary/aromatic N) is 5. The Morgan fingerprint density at radius 3 is 1.63 bits per heavy atom. The number of carboxylic acid groups (broad SMARTS) is 4. The van der Waals surface area contributed by atoms with Crippen molar-refractivity contribution in [2.75, 3.05) is 130 Å². The molecule has 2 unspecified atom stereocenters. The van der Waals surface area contributed by atoms with Crippen LogP contribution in [0.25, 0.3) is 0 Å². The molecule has 1 fully saturated rings. The van der Waals surface area contributed by atoms with E-state index in [1.54, 1.807) is 38.7 Å². The van der Waals surface area contributed by atoms with Gasteiger partial charge in [-0.3, -0.25) is 68.3 Å². The number of amides is 8. The molecular formula is C57H82F3N15O16. The number of nitrogens with two attached hydrogens (primary N) is 1. The molecule has 16 N–H and O–H groups in total. The number of carbonyl (C=O) groups excluding carboxylic acids is 6. The summed E-state index contributed by atoms with van der Waals surface area (Å²) in [6.45, 7) is 4.23. The zero-order valence-electron chi connectivity index (χ0n) is 50.3. The molecule has 1 aliphatic heterocycles. The van der Waals surface area contributed by atoms with Crippen molar-refractivity contribution in [3.05, 3.63) is 95.6 Å². The number of anilines is 1. The van der Waals surface area contributed by atoms with E-state index in [9.17, 15) is 76.7 Å². The molecule has 3 aromatic carbocycles. The second-order valence-electron chi connectivity index (χ2n) is 20.3. The monoisotopic (exact) mass is 1290 g/mol. The summed E-state index contributed by atoms with van der Waals surface area (Å²) in [6, 6.07) is 20.5. The first-order valence-electron chi connectivity index (χ1n) is 28.9. The number of aliphatic carboxylic acids is 4. The van der Waals surface area contributed by atoms with Crippen LogP contribution in [0.4, 0.5) is 28.4 Å². The van der Waals surface area contributed by atoms with E-state index in [0.717, 1.165) is 11.3 Å². The maximum absolute atomic E-state index is 14.3. The fourth-order valence-electron chi connectivity index (χ4n) is 8.54. The number of phenolic OH excluding ortho intramolecular Hbond substituents is 1. The van der Waals surface area contributed by atoms with Gasteiger partial charge in [-0.2, -0.15) is 13.2 Å². The number of urea groups is 2. The van der Waals surface area contributed by atoms with Crippen LogP contribution in [-0.2, 0) is 49.7 Å². The molecule has 2 atom stereocenters. The quantitative estimate of drug-likeness (QED) is 0.0162. The van der Waals surface area contributed by atoms with E-state index in [4.69, 9.17) is 20.5 Å². The fourth-order valence-corrected chi connectivity index (χ4v) is 8.54. The Kier molecular flexibility index (Phi) is 34.8. The van der Waals surface area contributed by atoms with Crippen LogP contribution in [0.2, 0.25) is 0 Å². The first-order valence-corrected chi connectivity index (χ1v) is 28.9. The molecule has 1 heterocycles. The SMILES string of the molecule is CCC(=O)NCCNC(=O)NC(N)=NCCCC(NC(=O)C(c1ccccc1)c1ccc(NCCCNC(=O)NOCCNC(=O)CN2CCN(CC(=O)O)CCN(CC(=O)O)CCN(CC(=O)O)CC2)cc1)C(=O)NCc1ccc(O)cc1.O=C(O)C(F)(F)F. The number of aromatic hydroxyl groups is 1. The van der Waals surface area contributed by atoms with Crippen molar-refractivity contribution in [3.63, 3.8) is 0 Å². The Bertz CT molecular complexity index is 2790. The van der Waals surface area contributed by atoms with E-state index in [0.29, 0.717) is 36.9 Å². The number of carbonyl (C=O) groups is 10. The molecule has 0 aliphatic carbocycles. The van der Waals surface area contributed by atoms with Crippen molar-refractivity contribution in [1.29, 1.82) is 0 Å². The molecule has 0 spiro atoms. The van der Waals surface area contributed by atoms with Crippen LogP contribution in [0.15, 0.2) is 83.9 Å². The number of hydrogen-bond acceptors (Lipinski definition) is 18. The molecule has 502 valence electrons. The second kappa shape index (κ2) is 41.8. The van der Waals surface area contributed by atoms with E-state index in [2.05, 4.69) is 53.0 Å². The number of guanidine groups is 1. The number of benzene rings is 3. The molecule has 91 heavy (non-hydrogen) atoms. The molecule has 0 bridgehead atoms. The van der Waals surface area contributed by atoms with Gasteiger partial charge < -0.3 is 68.5 Å². The van der Waals surface area contributed by atoms with Gasteiger partial charge in [-0.1, -0.05) is 61.5 Å². The summed E-state index contributed by atoms with van der Waals surface area (Å²) in [5.41, 5.74) is 11.0. The first kappa shape index (κ1) is 75.9. The molecule has 34 heteroatoms. The highest BCUT2D eigenvalue weighted by molar-refractivity contribution is 5.95. The Balaban J connectivity index is 0.00000291. The zero-order valence-corrected chi connectivity index (χ0v) is 50.3. The van der Waals surface area contributed by atoms with Crippen molar-refractivity contribution in [1.82, 2.24) is 62.3 Å². The van der Waals surface area contributed by atoms with Crippen LogP contribution in [0.1, 0.15) is 55.2 Å². The number of rotatable bonds is 32. The lowest BCUT2D eigenvalue weighted by atomic mass is 9.90. The molecule has 3 aromatic rings. The van der Waals surface area contributed by atoms with Gasteiger partial charge in [-0.25, -0.2) is 19.9 Å². The summed E-state index contributed by atoms with van der Waals surface area (Å²) < 4.78 is 31.7. The van der Waals surface area contributed by atoms with Crippen LogP contribution in [0.3, 0.4) is 0 Å². The molecule has 4 rings (SSSR count). The number of carboxylic acids is 4. The highest BCUT2D eigenvalue weighted by atomic mass is 19.4. The van der Waals surface area contributed by atoms with Crippen molar-refractivity contribution in [2.24, 2.45) is 10.7 Å². The number of phenols is 1. The Labute approximate surface area is 522 Å². The average molecular weight is 1290 g/mol. The highest BCUT2D eigenvalue weighted by Crippen LogP contribution is 2.27. The minimum absolute atomic E-state index is 0.0453. The Morgan fingerprint density at radius 1 is 0.593 bits per heavy atom. The van der Waals surface area contributed by atoms with Crippen molar-refractivity contribution in [2.45, 2.75) is 57.3 Å². The van der Waals surface area contributed by atoms with Crippen molar-refractivity contribution < 1.29 is 91.5 Å². The first-order chi connectivity index (χ1) is 43.3. The lowest BCUT2D eigenvalue weighted by molar-refractivity contribution is -0.192. The third-order valence-electron chi connectivity index (χ3n) is 13.2. The molecule has 0 aromatic heterocycles. The van der Waals surface area contributed by atoms with Gasteiger partial charge in [0.1, 0.15) is 11.8 Å². The number of alkyl halides is 3. The van der Waals surface area contributed by atoms with E-state index < -0.39 is 65.9 Å². The van der Waals surface area contributed by atoms with Crippen molar-refractivity contribution in [3.8, 4) is 5.75 Å². The molecule has 1 aliphatic rings. The summed E-state index contributed by atoms with van der Waals surface area (Å²) in [5, 5.41) is 67.3. The predicted octanol–water partition coefficient (Wildman–Crippen LogP) is -0.497. The summed E-state index contributed by atoms with van der Waals surface area (Å²) >= 11 is 0. The minimum atomic E-state index is -5.08. The van der Waals surface area contributed by atoms with Crippen molar-refractivity contribution >= 4 is 71.2 Å². The smallest absolute Gasteiger partial charge is 0.490 e. The Hall–Kier alpha value is -9.38. The Morgan fingerprint density at radius 2 is 1.10 bits per heavy atom. The van der Waals surface area contributed by atoms with Gasteiger partial charge in [0, 0.05) is 110 Å². The number of nitrogens with one attached hydrogen (secondary N) is 9. The standard InChI is InChI=1S/C55H81N15O14.C2HF3O2/c1-2-45(72)58-22-23-62-54(82)65-53(56)60-19-6-10-44(51(80)63-34-39-11-17-43(71)18-12-39)64-52(81)50(40-8-4-3-5-9-40)41-13-15-42(16-14-41)57-20-7-21-61-55(83)66-84-33-24-59-46(73)35-67-25-27-68(36-47(74)75)29-31-70(38-49(78)79)32-30-69(28-26-67)37-48(76)77;3-2(4,5)1(6)7/h3-5,8-9,11-18,44,50,57,71H,2,6-7,10,19-38H2,1H3,(H,58,72)(H,59,73)(H,63,80)(H,64,81)(H,74,75)(H,76,77)(H,78,79)(H2,61,66,83)(H4,56,60,62,65,82);(H,6,7). The summed E-state index contributed by atoms with van der Waals surface area (Å²) in [6.07, 6.45) is -3.79. The van der Waals surface area contributed by atoms with Crippen LogP contribution >= 0.6 is 0 Å². The fraction of sp³-hybridized carbons (Fsp3) is 0.491. The molecule has 0 radical (unpaired) electrons. The predicted molar refractivity (Wildman–Crippen MR) is 323 cm³/mol. The second-order valence-corrected chi connectivity index (χ2v) is 20.3. The van der Waals surface area contributed by atoms with Gasteiger partial charge in [0.2, 0.25) is 23.6 Å². The third-order valence-corrected chi connectivity index (χ3v) is 13.2. The van der Waals surface area contributed by atoms with Gasteiger partial charge in [0.05, 0.1) is 38.7 Å². The van der Waals surface area contributed by atoms with Crippen LogP contribution < -0.4 is 53.7 Å². The lowest BCUT2D eigenvalue weighted by Crippen LogP contribution is -2.50. The van der Waals surface area contributed by atoms with Gasteiger partial charge in [-0.05, 0) is 60.2 Å². The summed E-state index contributed by atoms with van der Waals surface area (Å²) in [5.74, 6) is -8.24. The van der Waals surface area contributed by atoms with Crippen LogP contribution in [-0.4, -0.2) is 247 Å². The minimum Gasteiger partial charge on any atom is -0.508 e. The molecule has 1 saturated heterocycles. The van der Waals surface area contributed by atoms with Gasteiger partial charge in [-0.15, -0.1) is 0 Å². The number of hydroxylamine groups is 1. The zero-order chi connectivity index (χ0) is 67.1. The normalized spacial score (nSPS) is 14.4. The maximum atomic E-state index is 14.3. The summed E-state index contributed by atoms with van der Waals surface area (Å²) in [7, 11) is 0. The van der Waals surface area contributed by atoms with Gasteiger partial charge in [0.25, 0.3) is 0 Å². The average Bonchev–Trinajstić information content (AvgIpc) is 1.03. The van der Waals surface area contributed by atoms with Gasteiger partial charge in [0.15, 0.2) is 5.96 Å². The van der Waals surface area contributed by atoms with E-state index >= 15 is 0 Å². The molecule has 31 nitrogen and oxygen atoms in total. The van der Waals surface area contributed by atoms with Crippen LogP contribution in [0.5, 0.6) is 5.75 Å². The maximum Gasteiger partial charge on any atom is 0.490 e. The van der Waals surface area contributed by atoms with E-state index in [-0.39, 0.29) is 154 Å². The third kappa shape index (κ3) is 33.7.